The van der Waals surface area contributed by atoms with Crippen molar-refractivity contribution >= 4 is 22.4 Å². The van der Waals surface area contributed by atoms with Crippen LogP contribution in [-0.2, 0) is 0 Å². The van der Waals surface area contributed by atoms with Gasteiger partial charge in [0, 0.05) is 23.7 Å². The van der Waals surface area contributed by atoms with Gasteiger partial charge in [-0.2, -0.15) is 0 Å². The van der Waals surface area contributed by atoms with Crippen LogP contribution in [0.4, 0.5) is 11.5 Å². The van der Waals surface area contributed by atoms with Crippen LogP contribution in [0, 0.1) is 0 Å². The number of benzene rings is 1. The molecule has 0 saturated carbocycles. The second-order valence-electron chi connectivity index (χ2n) is 5.20. The Labute approximate surface area is 108 Å². The summed E-state index contributed by atoms with van der Waals surface area (Å²) < 4.78 is 0. The van der Waals surface area contributed by atoms with Gasteiger partial charge in [-0.05, 0) is 38.5 Å². The lowest BCUT2D eigenvalue weighted by Gasteiger charge is -2.36. The molecule has 4 nitrogen and oxygen atoms in total. The Kier molecular flexibility index (Phi) is 3.11. The first-order valence-corrected chi connectivity index (χ1v) is 6.20. The van der Waals surface area contributed by atoms with Crippen LogP contribution in [0.15, 0.2) is 24.5 Å². The number of nitrogen functional groups attached to an aromatic ring is 1. The van der Waals surface area contributed by atoms with Gasteiger partial charge in [0.05, 0.1) is 5.52 Å². The van der Waals surface area contributed by atoms with Crippen LogP contribution in [0.2, 0.25) is 0 Å². The highest BCUT2D eigenvalue weighted by Crippen LogP contribution is 2.29. The first-order chi connectivity index (χ1) is 8.45. The van der Waals surface area contributed by atoms with Gasteiger partial charge in [0.2, 0.25) is 0 Å². The Morgan fingerprint density at radius 2 is 2.00 bits per heavy atom. The monoisotopic (exact) mass is 244 g/mol. The zero-order chi connectivity index (χ0) is 13.3. The van der Waals surface area contributed by atoms with Crippen LogP contribution in [0.25, 0.3) is 10.9 Å². The molecule has 0 bridgehead atoms. The first-order valence-electron chi connectivity index (χ1n) is 6.20. The second kappa shape index (κ2) is 4.44. The van der Waals surface area contributed by atoms with Crippen molar-refractivity contribution in [1.29, 1.82) is 0 Å². The van der Waals surface area contributed by atoms with Crippen LogP contribution < -0.4 is 10.6 Å². The number of nitrogens with zero attached hydrogens (tertiary/aromatic N) is 3. The number of fused-ring (bicyclic) bond motifs is 1. The fraction of sp³-hybridized carbons (Fsp3) is 0.429. The lowest BCUT2D eigenvalue weighted by Crippen LogP contribution is -2.41. The van der Waals surface area contributed by atoms with E-state index < -0.39 is 0 Å². The molecular weight excluding hydrogens is 224 g/mol. The highest BCUT2D eigenvalue weighted by atomic mass is 15.2. The van der Waals surface area contributed by atoms with Crippen LogP contribution in [0.1, 0.15) is 27.2 Å². The summed E-state index contributed by atoms with van der Waals surface area (Å²) in [6.07, 6.45) is 2.64. The van der Waals surface area contributed by atoms with Gasteiger partial charge >= 0.3 is 0 Å². The molecule has 0 spiro atoms. The second-order valence-corrected chi connectivity index (χ2v) is 5.20. The van der Waals surface area contributed by atoms with Crippen molar-refractivity contribution in [2.24, 2.45) is 0 Å². The van der Waals surface area contributed by atoms with E-state index in [2.05, 4.69) is 42.7 Å². The summed E-state index contributed by atoms with van der Waals surface area (Å²) in [4.78, 5) is 10.9. The lowest BCUT2D eigenvalue weighted by molar-refractivity contribution is 0.468. The molecule has 0 saturated heterocycles. The lowest BCUT2D eigenvalue weighted by atomic mass is 9.99. The molecule has 18 heavy (non-hydrogen) atoms. The summed E-state index contributed by atoms with van der Waals surface area (Å²) in [5.41, 5.74) is 7.46. The van der Waals surface area contributed by atoms with Gasteiger partial charge < -0.3 is 10.6 Å². The van der Waals surface area contributed by atoms with E-state index in [0.717, 1.165) is 28.8 Å². The fourth-order valence-electron chi connectivity index (χ4n) is 1.85. The van der Waals surface area contributed by atoms with Gasteiger partial charge in [0.1, 0.15) is 12.1 Å². The van der Waals surface area contributed by atoms with Crippen LogP contribution >= 0.6 is 0 Å². The number of nitrogens with two attached hydrogens (primary N) is 1. The minimum Gasteiger partial charge on any atom is -0.399 e. The summed E-state index contributed by atoms with van der Waals surface area (Å²) >= 11 is 0. The summed E-state index contributed by atoms with van der Waals surface area (Å²) in [5.74, 6) is 0.951. The molecule has 1 aromatic heterocycles. The van der Waals surface area contributed by atoms with E-state index in [4.69, 9.17) is 5.73 Å². The average Bonchev–Trinajstić information content (AvgIpc) is 2.36. The standard InChI is InChI=1S/C14H20N4/c1-5-14(2,3)18(4)13-11-7-6-10(15)8-12(11)16-9-17-13/h6-9H,5,15H2,1-4H3. The Morgan fingerprint density at radius 1 is 1.28 bits per heavy atom. The molecule has 4 heteroatoms. The zero-order valence-electron chi connectivity index (χ0n) is 11.4. The molecule has 0 amide bonds. The average molecular weight is 244 g/mol. The third kappa shape index (κ3) is 2.10. The molecule has 2 aromatic rings. The van der Waals surface area contributed by atoms with E-state index in [1.54, 1.807) is 6.33 Å². The molecular formula is C14H20N4. The number of anilines is 2. The smallest absolute Gasteiger partial charge is 0.140 e. The molecule has 2 rings (SSSR count). The van der Waals surface area contributed by atoms with Crippen molar-refractivity contribution in [2.45, 2.75) is 32.7 Å². The Balaban J connectivity index is 2.58. The highest BCUT2D eigenvalue weighted by molar-refractivity contribution is 5.91. The minimum absolute atomic E-state index is 0.0582. The quantitative estimate of drug-likeness (QED) is 0.843. The van der Waals surface area contributed by atoms with E-state index in [-0.39, 0.29) is 5.54 Å². The first kappa shape index (κ1) is 12.6. The topological polar surface area (TPSA) is 55.0 Å². The predicted molar refractivity (Wildman–Crippen MR) is 76.7 cm³/mol. The van der Waals surface area contributed by atoms with Crippen molar-refractivity contribution in [3.05, 3.63) is 24.5 Å². The van der Waals surface area contributed by atoms with Crippen molar-refractivity contribution in [2.75, 3.05) is 17.7 Å². The molecule has 0 aliphatic carbocycles. The molecule has 0 unspecified atom stereocenters. The normalized spacial score (nSPS) is 11.8. The van der Waals surface area contributed by atoms with Crippen LogP contribution in [0.3, 0.4) is 0 Å². The molecule has 0 aliphatic rings. The highest BCUT2D eigenvalue weighted by Gasteiger charge is 2.23. The van der Waals surface area contributed by atoms with Crippen LogP contribution in [-0.4, -0.2) is 22.6 Å². The molecule has 2 N–H and O–H groups in total. The Morgan fingerprint density at radius 3 is 2.67 bits per heavy atom. The van der Waals surface area contributed by atoms with Gasteiger partial charge in [-0.1, -0.05) is 6.92 Å². The van der Waals surface area contributed by atoms with Gasteiger partial charge in [0.25, 0.3) is 0 Å². The molecule has 0 radical (unpaired) electrons. The van der Waals surface area contributed by atoms with Crippen molar-refractivity contribution in [3.8, 4) is 0 Å². The van der Waals surface area contributed by atoms with Crippen LogP contribution in [0.5, 0.6) is 0 Å². The zero-order valence-corrected chi connectivity index (χ0v) is 11.4. The number of rotatable bonds is 3. The molecule has 1 aromatic carbocycles. The maximum absolute atomic E-state index is 5.79. The van der Waals surface area contributed by atoms with Gasteiger partial charge in [-0.25, -0.2) is 9.97 Å². The molecule has 1 heterocycles. The van der Waals surface area contributed by atoms with Crippen molar-refractivity contribution in [1.82, 2.24) is 9.97 Å². The molecule has 96 valence electrons. The van der Waals surface area contributed by atoms with Gasteiger partial charge in [0.15, 0.2) is 0 Å². The number of aromatic nitrogens is 2. The maximum atomic E-state index is 5.79. The number of hydrogen-bond donors (Lipinski definition) is 1. The third-order valence-corrected chi connectivity index (χ3v) is 3.73. The summed E-state index contributed by atoms with van der Waals surface area (Å²) in [6, 6.07) is 5.76. The fourth-order valence-corrected chi connectivity index (χ4v) is 1.85. The molecule has 0 atom stereocenters. The summed E-state index contributed by atoms with van der Waals surface area (Å²) in [7, 11) is 2.07. The van der Waals surface area contributed by atoms with E-state index >= 15 is 0 Å². The molecule has 0 aliphatic heterocycles. The van der Waals surface area contributed by atoms with E-state index in [1.807, 2.05) is 18.2 Å². The van der Waals surface area contributed by atoms with E-state index in [0.29, 0.717) is 0 Å². The van der Waals surface area contributed by atoms with Gasteiger partial charge in [-0.15, -0.1) is 0 Å². The maximum Gasteiger partial charge on any atom is 0.140 e. The van der Waals surface area contributed by atoms with Crippen molar-refractivity contribution in [3.63, 3.8) is 0 Å². The van der Waals surface area contributed by atoms with Crippen molar-refractivity contribution < 1.29 is 0 Å². The third-order valence-electron chi connectivity index (χ3n) is 3.73. The van der Waals surface area contributed by atoms with E-state index in [1.165, 1.54) is 0 Å². The predicted octanol–water partition coefficient (Wildman–Crippen LogP) is 2.84. The summed E-state index contributed by atoms with van der Waals surface area (Å²) in [5, 5.41) is 1.04. The number of hydrogen-bond acceptors (Lipinski definition) is 4. The Hall–Kier alpha value is -1.84. The summed E-state index contributed by atoms with van der Waals surface area (Å²) in [6.45, 7) is 6.59. The molecule has 0 fully saturated rings. The SMILES string of the molecule is CCC(C)(C)N(C)c1ncnc2cc(N)ccc12. The van der Waals surface area contributed by atoms with Gasteiger partial charge in [-0.3, -0.25) is 0 Å². The Bertz CT molecular complexity index is 563. The van der Waals surface area contributed by atoms with E-state index in [9.17, 15) is 0 Å². The minimum atomic E-state index is 0.0582. The largest absolute Gasteiger partial charge is 0.399 e.